The molecule has 0 aromatic heterocycles. The van der Waals surface area contributed by atoms with Crippen molar-refractivity contribution in [1.82, 2.24) is 0 Å². The summed E-state index contributed by atoms with van der Waals surface area (Å²) in [7, 11) is 0. The Morgan fingerprint density at radius 3 is 2.21 bits per heavy atom. The topological polar surface area (TPSA) is 37.3 Å². The molecule has 0 saturated carbocycles. The van der Waals surface area contributed by atoms with Crippen LogP contribution in [0.3, 0.4) is 0 Å². The predicted molar refractivity (Wildman–Crippen MR) is 42.0 cm³/mol. The third kappa shape index (κ3) is 1.77. The normalized spacial score (nSPS) is 14.9. The van der Waals surface area contributed by atoms with E-state index in [1.54, 1.807) is 0 Å². The van der Waals surface area contributed by atoms with Crippen LogP contribution in [0.5, 0.6) is 0 Å². The molecule has 0 aliphatic rings. The molecule has 1 aromatic carbocycles. The average Bonchev–Trinajstić information content (AvgIpc) is 2.11. The van der Waals surface area contributed by atoms with Crippen molar-refractivity contribution in [2.75, 3.05) is 0 Å². The Labute approximate surface area is 78.0 Å². The highest BCUT2D eigenvalue weighted by Gasteiger charge is 2.27. The van der Waals surface area contributed by atoms with Crippen LogP contribution < -0.4 is 0 Å². The summed E-state index contributed by atoms with van der Waals surface area (Å²) in [6.45, 7) is 0.982. The van der Waals surface area contributed by atoms with Crippen LogP contribution in [0.15, 0.2) is 12.1 Å². The van der Waals surface area contributed by atoms with Crippen LogP contribution in [-0.4, -0.2) is 11.4 Å². The second-order valence-electron chi connectivity index (χ2n) is 3.01. The molecule has 76 valence electrons. The fourth-order valence-corrected chi connectivity index (χ4v) is 0.974. The van der Waals surface area contributed by atoms with E-state index in [1.807, 2.05) is 0 Å². The van der Waals surface area contributed by atoms with E-state index >= 15 is 0 Å². The Morgan fingerprint density at radius 1 is 1.21 bits per heavy atom. The zero-order chi connectivity index (χ0) is 10.9. The second-order valence-corrected chi connectivity index (χ2v) is 3.01. The molecule has 1 unspecified atom stereocenters. The molecule has 0 amide bonds. The van der Waals surface area contributed by atoms with Crippen LogP contribution in [0.25, 0.3) is 0 Å². The number of hydrogen-bond donors (Lipinski definition) is 1. The van der Waals surface area contributed by atoms with E-state index in [0.717, 1.165) is 6.92 Å². The highest BCUT2D eigenvalue weighted by molar-refractivity contribution is 5.65. The molecule has 0 bridgehead atoms. The minimum Gasteiger partial charge on any atom is -0.378 e. The molecule has 0 spiro atoms. The molecule has 0 saturated heterocycles. The van der Waals surface area contributed by atoms with Crippen LogP contribution in [0.4, 0.5) is 13.2 Å². The molecular weight excluding hydrogens is 197 g/mol. The van der Waals surface area contributed by atoms with Gasteiger partial charge in [-0.05, 0) is 13.0 Å². The van der Waals surface area contributed by atoms with Crippen molar-refractivity contribution in [3.63, 3.8) is 0 Å². The van der Waals surface area contributed by atoms with E-state index in [0.29, 0.717) is 6.07 Å². The molecular formula is C9H7F3O2. The molecule has 14 heavy (non-hydrogen) atoms. The number of aldehydes is 1. The molecule has 0 aliphatic carbocycles. The van der Waals surface area contributed by atoms with E-state index in [-0.39, 0.29) is 12.4 Å². The lowest BCUT2D eigenvalue weighted by molar-refractivity contribution is -0.123. The van der Waals surface area contributed by atoms with Crippen molar-refractivity contribution < 1.29 is 23.1 Å². The second kappa shape index (κ2) is 3.42. The number of halogens is 3. The zero-order valence-electron chi connectivity index (χ0n) is 7.22. The van der Waals surface area contributed by atoms with Gasteiger partial charge in [0.15, 0.2) is 17.9 Å². The Hall–Kier alpha value is -1.36. The summed E-state index contributed by atoms with van der Waals surface area (Å²) in [6.07, 6.45) is 0.0444. The maximum Gasteiger partial charge on any atom is 0.161 e. The van der Waals surface area contributed by atoms with Gasteiger partial charge in [-0.3, -0.25) is 4.79 Å². The van der Waals surface area contributed by atoms with Crippen LogP contribution in [0, 0.1) is 17.5 Å². The number of carbonyl (C=O) groups excluding carboxylic acids is 1. The van der Waals surface area contributed by atoms with Crippen molar-refractivity contribution in [3.05, 3.63) is 35.1 Å². The van der Waals surface area contributed by atoms with Crippen molar-refractivity contribution in [2.24, 2.45) is 0 Å². The van der Waals surface area contributed by atoms with E-state index in [1.165, 1.54) is 0 Å². The Morgan fingerprint density at radius 2 is 1.71 bits per heavy atom. The Balaban J connectivity index is 3.36. The maximum atomic E-state index is 13.0. The van der Waals surface area contributed by atoms with Crippen molar-refractivity contribution in [3.8, 4) is 0 Å². The van der Waals surface area contributed by atoms with Crippen LogP contribution >= 0.6 is 0 Å². The van der Waals surface area contributed by atoms with E-state index in [9.17, 15) is 23.1 Å². The first-order valence-corrected chi connectivity index (χ1v) is 3.72. The fraction of sp³-hybridized carbons (Fsp3) is 0.222. The predicted octanol–water partition coefficient (Wildman–Crippen LogP) is 1.51. The standard InChI is InChI=1S/C9H7F3O2/c1-9(14,4-13)5-2-7(11)8(12)3-6(5)10/h2-4,14H,1H3. The average molecular weight is 204 g/mol. The number of benzene rings is 1. The third-order valence-corrected chi connectivity index (χ3v) is 1.78. The van der Waals surface area contributed by atoms with Crippen LogP contribution in [0.2, 0.25) is 0 Å². The first kappa shape index (κ1) is 10.7. The van der Waals surface area contributed by atoms with Crippen LogP contribution in [0.1, 0.15) is 12.5 Å². The van der Waals surface area contributed by atoms with Crippen molar-refractivity contribution in [1.29, 1.82) is 0 Å². The van der Waals surface area contributed by atoms with E-state index in [4.69, 9.17) is 0 Å². The van der Waals surface area contributed by atoms with Gasteiger partial charge in [0.25, 0.3) is 0 Å². The van der Waals surface area contributed by atoms with Gasteiger partial charge in [0, 0.05) is 11.6 Å². The van der Waals surface area contributed by atoms with Crippen molar-refractivity contribution >= 4 is 6.29 Å². The molecule has 0 heterocycles. The molecule has 1 atom stereocenters. The summed E-state index contributed by atoms with van der Waals surface area (Å²) in [5.41, 5.74) is -2.75. The van der Waals surface area contributed by atoms with Gasteiger partial charge in [-0.2, -0.15) is 0 Å². The van der Waals surface area contributed by atoms with E-state index in [2.05, 4.69) is 0 Å². The number of rotatable bonds is 2. The Kier molecular flexibility index (Phi) is 2.62. The highest BCUT2D eigenvalue weighted by atomic mass is 19.2. The van der Waals surface area contributed by atoms with Gasteiger partial charge in [0.1, 0.15) is 11.4 Å². The summed E-state index contributed by atoms with van der Waals surface area (Å²) in [5, 5.41) is 9.29. The lowest BCUT2D eigenvalue weighted by Gasteiger charge is -2.16. The van der Waals surface area contributed by atoms with Gasteiger partial charge in [0.2, 0.25) is 0 Å². The molecule has 5 heteroatoms. The lowest BCUT2D eigenvalue weighted by Crippen LogP contribution is -2.24. The smallest absolute Gasteiger partial charge is 0.161 e. The van der Waals surface area contributed by atoms with E-state index < -0.39 is 28.6 Å². The SMILES string of the molecule is CC(O)(C=O)c1cc(F)c(F)cc1F. The molecule has 1 N–H and O–H groups in total. The summed E-state index contributed by atoms with van der Waals surface area (Å²) in [6, 6.07) is 0.738. The molecule has 1 rings (SSSR count). The largest absolute Gasteiger partial charge is 0.378 e. The number of carbonyl (C=O) groups is 1. The highest BCUT2D eigenvalue weighted by Crippen LogP contribution is 2.23. The van der Waals surface area contributed by atoms with Gasteiger partial charge in [0.05, 0.1) is 0 Å². The minimum absolute atomic E-state index is 0.0444. The quantitative estimate of drug-likeness (QED) is 0.585. The first-order valence-electron chi connectivity index (χ1n) is 3.72. The number of hydrogen-bond acceptors (Lipinski definition) is 2. The molecule has 0 aliphatic heterocycles. The van der Waals surface area contributed by atoms with Gasteiger partial charge >= 0.3 is 0 Å². The van der Waals surface area contributed by atoms with Gasteiger partial charge < -0.3 is 5.11 Å². The minimum atomic E-state index is -2.15. The van der Waals surface area contributed by atoms with Gasteiger partial charge in [-0.15, -0.1) is 0 Å². The molecule has 1 aromatic rings. The molecule has 2 nitrogen and oxygen atoms in total. The fourth-order valence-electron chi connectivity index (χ4n) is 0.974. The summed E-state index contributed by atoms with van der Waals surface area (Å²) >= 11 is 0. The zero-order valence-corrected chi connectivity index (χ0v) is 7.22. The van der Waals surface area contributed by atoms with Gasteiger partial charge in [-0.25, -0.2) is 13.2 Å². The molecule has 0 fully saturated rings. The Bertz CT molecular complexity index is 375. The van der Waals surface area contributed by atoms with Crippen LogP contribution in [-0.2, 0) is 10.4 Å². The summed E-state index contributed by atoms with van der Waals surface area (Å²) < 4.78 is 38.1. The third-order valence-electron chi connectivity index (χ3n) is 1.78. The first-order chi connectivity index (χ1) is 6.38. The lowest BCUT2D eigenvalue weighted by atomic mass is 9.97. The summed E-state index contributed by atoms with van der Waals surface area (Å²) in [4.78, 5) is 10.3. The monoisotopic (exact) mass is 204 g/mol. The maximum absolute atomic E-state index is 13.0. The summed E-state index contributed by atoms with van der Waals surface area (Å²) in [5.74, 6) is -3.85. The van der Waals surface area contributed by atoms with Gasteiger partial charge in [-0.1, -0.05) is 0 Å². The molecule has 0 radical (unpaired) electrons. The number of aliphatic hydroxyl groups is 1. The van der Waals surface area contributed by atoms with Crippen molar-refractivity contribution in [2.45, 2.75) is 12.5 Å².